The molecular weight excluding hydrogens is 331 g/mol. The largest absolute Gasteiger partial charge is 0.518 e. The molecule has 0 aliphatic heterocycles. The van der Waals surface area contributed by atoms with Crippen molar-refractivity contribution in [3.8, 4) is 0 Å². The van der Waals surface area contributed by atoms with E-state index in [1.54, 1.807) is 20.8 Å². The van der Waals surface area contributed by atoms with Crippen LogP contribution in [0.3, 0.4) is 0 Å². The molecule has 0 bridgehead atoms. The third-order valence-corrected chi connectivity index (χ3v) is 3.14. The van der Waals surface area contributed by atoms with E-state index in [2.05, 4.69) is 4.40 Å². The summed E-state index contributed by atoms with van der Waals surface area (Å²) in [7, 11) is -6.05. The van der Waals surface area contributed by atoms with Crippen molar-refractivity contribution >= 4 is 27.5 Å². The lowest BCUT2D eigenvalue weighted by Crippen LogP contribution is -2.43. The number of amides is 2. The normalized spacial score (nSPS) is 15.5. The Morgan fingerprint density at radius 1 is 1.18 bits per heavy atom. The molecule has 0 aliphatic carbocycles. The van der Waals surface area contributed by atoms with Crippen molar-refractivity contribution in [3.63, 3.8) is 0 Å². The van der Waals surface area contributed by atoms with Gasteiger partial charge in [0, 0.05) is 0 Å². The Hall–Kier alpha value is -1.69. The summed E-state index contributed by atoms with van der Waals surface area (Å²) >= 11 is 0. The van der Waals surface area contributed by atoms with Gasteiger partial charge in [0.05, 0.1) is 12.2 Å². The topological polar surface area (TPSA) is 142 Å². The summed E-state index contributed by atoms with van der Waals surface area (Å²) in [5.41, 5.74) is 1.83. The van der Waals surface area contributed by atoms with Gasteiger partial charge in [-0.2, -0.15) is 26.0 Å². The van der Waals surface area contributed by atoms with Gasteiger partial charge in [0.1, 0.15) is 11.6 Å². The second-order valence-electron chi connectivity index (χ2n) is 5.14. The van der Waals surface area contributed by atoms with Crippen LogP contribution in [0.15, 0.2) is 4.40 Å². The van der Waals surface area contributed by atoms with E-state index in [4.69, 9.17) is 16.2 Å². The molecule has 22 heavy (non-hydrogen) atoms. The first-order chi connectivity index (χ1) is 9.58. The van der Waals surface area contributed by atoms with Crippen molar-refractivity contribution in [2.24, 2.45) is 21.8 Å². The molecule has 4 N–H and O–H groups in total. The van der Waals surface area contributed by atoms with Crippen LogP contribution in [-0.4, -0.2) is 43.7 Å². The van der Waals surface area contributed by atoms with Crippen molar-refractivity contribution in [2.75, 3.05) is 6.61 Å². The maximum Gasteiger partial charge on any atom is 0.518 e. The predicted molar refractivity (Wildman–Crippen MR) is 70.0 cm³/mol. The maximum absolute atomic E-state index is 12.3. The fourth-order valence-corrected chi connectivity index (χ4v) is 1.67. The predicted octanol–water partition coefficient (Wildman–Crippen LogP) is -0.321. The molecule has 1 unspecified atom stereocenters. The Labute approximate surface area is 124 Å². The number of hydrogen-bond acceptors (Lipinski definition) is 5. The summed E-state index contributed by atoms with van der Waals surface area (Å²) in [4.78, 5) is 22.4. The Kier molecular flexibility index (Phi) is 6.10. The number of nitrogens with zero attached hydrogens (tertiary/aromatic N) is 1. The average molecular weight is 347 g/mol. The van der Waals surface area contributed by atoms with E-state index >= 15 is 0 Å². The molecule has 2 amide bonds. The third kappa shape index (κ3) is 5.97. The van der Waals surface area contributed by atoms with Crippen LogP contribution < -0.4 is 11.5 Å². The second kappa shape index (κ2) is 6.60. The molecule has 0 aromatic carbocycles. The SMILES string of the molecule is CC(C)(C)OCC(C(N)=O)/C(=N/S(=O)(=O)C(F)(F)F)C(N)=O. The van der Waals surface area contributed by atoms with Crippen LogP contribution in [0, 0.1) is 5.92 Å². The Morgan fingerprint density at radius 3 is 1.91 bits per heavy atom. The van der Waals surface area contributed by atoms with E-state index in [1.807, 2.05) is 0 Å². The van der Waals surface area contributed by atoms with E-state index in [1.165, 1.54) is 0 Å². The molecule has 0 fully saturated rings. The van der Waals surface area contributed by atoms with Crippen molar-refractivity contribution in [3.05, 3.63) is 0 Å². The number of carbonyl (C=O) groups is 2. The zero-order valence-electron chi connectivity index (χ0n) is 12.0. The van der Waals surface area contributed by atoms with Gasteiger partial charge >= 0.3 is 15.5 Å². The lowest BCUT2D eigenvalue weighted by atomic mass is 10.0. The van der Waals surface area contributed by atoms with Gasteiger partial charge in [-0.25, -0.2) is 0 Å². The van der Waals surface area contributed by atoms with Crippen molar-refractivity contribution < 1.29 is 35.9 Å². The number of halogens is 3. The number of hydrogen-bond donors (Lipinski definition) is 2. The lowest BCUT2D eigenvalue weighted by Gasteiger charge is -2.23. The Bertz CT molecular complexity index is 578. The second-order valence-corrected chi connectivity index (χ2v) is 6.74. The van der Waals surface area contributed by atoms with Crippen molar-refractivity contribution in [1.82, 2.24) is 0 Å². The van der Waals surface area contributed by atoms with Crippen LogP contribution in [-0.2, 0) is 24.3 Å². The molecule has 0 heterocycles. The number of sulfonamides is 1. The molecule has 12 heteroatoms. The molecule has 0 saturated heterocycles. The molecule has 1 atom stereocenters. The quantitative estimate of drug-likeness (QED) is 0.633. The highest BCUT2D eigenvalue weighted by Crippen LogP contribution is 2.25. The molecule has 0 aromatic rings. The molecule has 128 valence electrons. The van der Waals surface area contributed by atoms with E-state index in [0.717, 1.165) is 0 Å². The van der Waals surface area contributed by atoms with Gasteiger partial charge in [-0.15, -0.1) is 0 Å². The molecule has 8 nitrogen and oxygen atoms in total. The number of rotatable bonds is 6. The zero-order chi connectivity index (χ0) is 17.9. The van der Waals surface area contributed by atoms with Gasteiger partial charge in [-0.05, 0) is 20.8 Å². The van der Waals surface area contributed by atoms with Crippen LogP contribution in [0.2, 0.25) is 0 Å². The number of carbonyl (C=O) groups excluding carboxylic acids is 2. The van der Waals surface area contributed by atoms with Gasteiger partial charge in [0.15, 0.2) is 0 Å². The van der Waals surface area contributed by atoms with Gasteiger partial charge < -0.3 is 16.2 Å². The molecular formula is C10H16F3N3O5S. The van der Waals surface area contributed by atoms with Gasteiger partial charge in [-0.1, -0.05) is 0 Å². The van der Waals surface area contributed by atoms with Crippen LogP contribution in [0.4, 0.5) is 13.2 Å². The minimum Gasteiger partial charge on any atom is -0.375 e. The first-order valence-electron chi connectivity index (χ1n) is 5.72. The van der Waals surface area contributed by atoms with Crippen molar-refractivity contribution in [2.45, 2.75) is 31.9 Å². The van der Waals surface area contributed by atoms with Crippen LogP contribution in [0.1, 0.15) is 20.8 Å². The number of alkyl halides is 3. The van der Waals surface area contributed by atoms with Crippen LogP contribution >= 0.6 is 0 Å². The first-order valence-corrected chi connectivity index (χ1v) is 7.16. The Morgan fingerprint density at radius 2 is 1.64 bits per heavy atom. The third-order valence-electron chi connectivity index (χ3n) is 2.12. The van der Waals surface area contributed by atoms with E-state index in [9.17, 15) is 31.2 Å². The minimum atomic E-state index is -6.05. The highest BCUT2D eigenvalue weighted by atomic mass is 32.2. The monoisotopic (exact) mass is 347 g/mol. The summed E-state index contributed by atoms with van der Waals surface area (Å²) in [5.74, 6) is -4.78. The summed E-state index contributed by atoms with van der Waals surface area (Å²) in [6, 6.07) is 0. The van der Waals surface area contributed by atoms with Crippen molar-refractivity contribution in [1.29, 1.82) is 0 Å². The average Bonchev–Trinajstić information content (AvgIpc) is 2.23. The summed E-state index contributed by atoms with van der Waals surface area (Å²) in [5, 5.41) is 0. The maximum atomic E-state index is 12.3. The standard InChI is InChI=1S/C10H16F3N3O5S/c1-9(2,3)21-4-5(7(14)17)6(8(15)18)16-22(19,20)10(11,12)13/h5H,4H2,1-3H3,(H2,14,17)(H2,15,18)/b16-6-. The summed E-state index contributed by atoms with van der Waals surface area (Å²) in [6.45, 7) is 4.00. The summed E-state index contributed by atoms with van der Waals surface area (Å²) in [6.07, 6.45) is 0. The molecule has 0 radical (unpaired) electrons. The lowest BCUT2D eigenvalue weighted by molar-refractivity contribution is -0.124. The zero-order valence-corrected chi connectivity index (χ0v) is 12.8. The van der Waals surface area contributed by atoms with E-state index in [-0.39, 0.29) is 0 Å². The molecule has 0 aromatic heterocycles. The van der Waals surface area contributed by atoms with Gasteiger partial charge in [-0.3, -0.25) is 9.59 Å². The fourth-order valence-electron chi connectivity index (χ4n) is 1.09. The van der Waals surface area contributed by atoms with E-state index in [0.29, 0.717) is 0 Å². The fraction of sp³-hybridized carbons (Fsp3) is 0.700. The minimum absolute atomic E-state index is 0.659. The number of primary amides is 2. The smallest absolute Gasteiger partial charge is 0.375 e. The highest BCUT2D eigenvalue weighted by molar-refractivity contribution is 7.91. The molecule has 0 aliphatic rings. The number of ether oxygens (including phenoxy) is 1. The van der Waals surface area contributed by atoms with E-state index < -0.39 is 51.2 Å². The molecule has 0 rings (SSSR count). The molecule has 0 spiro atoms. The van der Waals surface area contributed by atoms with Gasteiger partial charge in [0.2, 0.25) is 5.91 Å². The molecule has 0 saturated carbocycles. The number of nitrogens with two attached hydrogens (primary N) is 2. The Balaban J connectivity index is 5.80. The highest BCUT2D eigenvalue weighted by Gasteiger charge is 2.47. The van der Waals surface area contributed by atoms with Gasteiger partial charge in [0.25, 0.3) is 5.91 Å². The first kappa shape index (κ1) is 20.3. The van der Waals surface area contributed by atoms with Crippen LogP contribution in [0.25, 0.3) is 0 Å². The summed E-state index contributed by atoms with van der Waals surface area (Å²) < 4.78 is 66.3. The van der Waals surface area contributed by atoms with Crippen LogP contribution in [0.5, 0.6) is 0 Å².